The number of carbonyl (C=O) groups excluding carboxylic acids is 2. The van der Waals surface area contributed by atoms with Crippen molar-refractivity contribution in [2.24, 2.45) is 0 Å². The van der Waals surface area contributed by atoms with Gasteiger partial charge in [-0.05, 0) is 58.8 Å². The number of benzene rings is 1. The Balaban J connectivity index is 1.62. The Morgan fingerprint density at radius 3 is 2.17 bits per heavy atom. The van der Waals surface area contributed by atoms with E-state index in [1.54, 1.807) is 0 Å². The summed E-state index contributed by atoms with van der Waals surface area (Å²) in [6, 6.07) is 10.3. The lowest BCUT2D eigenvalue weighted by Gasteiger charge is -2.25. The second kappa shape index (κ2) is 11.9. The summed E-state index contributed by atoms with van der Waals surface area (Å²) in [4.78, 5) is 31.0. The molecule has 7 heteroatoms. The summed E-state index contributed by atoms with van der Waals surface area (Å²) in [7, 11) is 2.07. The van der Waals surface area contributed by atoms with Crippen molar-refractivity contribution in [3.05, 3.63) is 30.3 Å². The van der Waals surface area contributed by atoms with Crippen molar-refractivity contribution >= 4 is 17.5 Å². The van der Waals surface area contributed by atoms with Gasteiger partial charge in [0, 0.05) is 44.5 Å². The molecule has 1 aromatic carbocycles. The van der Waals surface area contributed by atoms with Gasteiger partial charge in [-0.1, -0.05) is 18.2 Å². The molecule has 0 spiro atoms. The van der Waals surface area contributed by atoms with Crippen LogP contribution in [-0.4, -0.2) is 86.6 Å². The third kappa shape index (κ3) is 9.59. The molecule has 30 heavy (non-hydrogen) atoms. The highest BCUT2D eigenvalue weighted by atomic mass is 16.2. The highest BCUT2D eigenvalue weighted by molar-refractivity contribution is 5.79. The van der Waals surface area contributed by atoms with Gasteiger partial charge < -0.3 is 15.5 Å². The molecule has 0 saturated carbocycles. The van der Waals surface area contributed by atoms with Crippen LogP contribution in [0, 0.1) is 0 Å². The fourth-order valence-corrected chi connectivity index (χ4v) is 3.62. The van der Waals surface area contributed by atoms with Crippen LogP contribution < -0.4 is 15.5 Å². The summed E-state index contributed by atoms with van der Waals surface area (Å²) in [5.74, 6) is 0.144. The molecule has 1 aromatic rings. The maximum Gasteiger partial charge on any atom is 0.234 e. The average Bonchev–Trinajstić information content (AvgIpc) is 2.89. The number of nitrogens with one attached hydrogen (secondary N) is 2. The van der Waals surface area contributed by atoms with E-state index in [1.165, 1.54) is 5.69 Å². The molecule has 168 valence electrons. The molecule has 1 aliphatic heterocycles. The Morgan fingerprint density at radius 1 is 0.967 bits per heavy atom. The fourth-order valence-electron chi connectivity index (χ4n) is 3.62. The Kier molecular flexibility index (Phi) is 9.59. The fraction of sp³-hybridized carbons (Fsp3) is 0.652. The number of rotatable bonds is 9. The van der Waals surface area contributed by atoms with Crippen molar-refractivity contribution in [3.63, 3.8) is 0 Å². The summed E-state index contributed by atoms with van der Waals surface area (Å²) < 4.78 is 0. The largest absolute Gasteiger partial charge is 0.375 e. The van der Waals surface area contributed by atoms with E-state index >= 15 is 0 Å². The zero-order valence-corrected chi connectivity index (χ0v) is 19.1. The van der Waals surface area contributed by atoms with Crippen LogP contribution in [0.2, 0.25) is 0 Å². The molecular weight excluding hydrogens is 378 g/mol. The molecule has 7 nitrogen and oxygen atoms in total. The van der Waals surface area contributed by atoms with E-state index in [0.29, 0.717) is 19.6 Å². The summed E-state index contributed by atoms with van der Waals surface area (Å²) in [6.07, 6.45) is 1.88. The van der Waals surface area contributed by atoms with Crippen molar-refractivity contribution in [1.29, 1.82) is 0 Å². The van der Waals surface area contributed by atoms with Gasteiger partial charge in [-0.3, -0.25) is 19.4 Å². The lowest BCUT2D eigenvalue weighted by molar-refractivity contribution is -0.124. The number of amides is 2. The standard InChI is InChI=1S/C23H39N5O2/c1-23(2,3)25-22(30)19-28-15-9-14-27(16-17-28)18-21(29)24-12-8-13-26(4)20-10-6-5-7-11-20/h5-7,10-11H,8-9,12-19H2,1-4H3,(H,24,29)(H,25,30). The van der Waals surface area contributed by atoms with Crippen LogP contribution in [0.1, 0.15) is 33.6 Å². The predicted molar refractivity (Wildman–Crippen MR) is 123 cm³/mol. The first-order chi connectivity index (χ1) is 14.2. The summed E-state index contributed by atoms with van der Waals surface area (Å²) in [5, 5.41) is 6.06. The topological polar surface area (TPSA) is 67.9 Å². The van der Waals surface area contributed by atoms with Crippen LogP contribution in [0.25, 0.3) is 0 Å². The molecule has 1 saturated heterocycles. The van der Waals surface area contributed by atoms with Gasteiger partial charge in [0.15, 0.2) is 0 Å². The second-order valence-electron chi connectivity index (χ2n) is 9.16. The third-order valence-electron chi connectivity index (χ3n) is 5.12. The molecule has 1 heterocycles. The van der Waals surface area contributed by atoms with Crippen LogP contribution in [-0.2, 0) is 9.59 Å². The van der Waals surface area contributed by atoms with Gasteiger partial charge in [0.1, 0.15) is 0 Å². The maximum atomic E-state index is 12.3. The van der Waals surface area contributed by atoms with Gasteiger partial charge in [0.25, 0.3) is 0 Å². The molecular formula is C23H39N5O2. The van der Waals surface area contributed by atoms with E-state index in [1.807, 2.05) is 39.0 Å². The Bertz CT molecular complexity index is 659. The zero-order valence-electron chi connectivity index (χ0n) is 19.1. The van der Waals surface area contributed by atoms with Gasteiger partial charge in [0.05, 0.1) is 13.1 Å². The van der Waals surface area contributed by atoms with E-state index in [-0.39, 0.29) is 17.4 Å². The predicted octanol–water partition coefficient (Wildman–Crippen LogP) is 1.55. The number of hydrogen-bond acceptors (Lipinski definition) is 5. The van der Waals surface area contributed by atoms with Gasteiger partial charge in [-0.15, -0.1) is 0 Å². The van der Waals surface area contributed by atoms with Gasteiger partial charge >= 0.3 is 0 Å². The minimum Gasteiger partial charge on any atom is -0.375 e. The summed E-state index contributed by atoms with van der Waals surface area (Å²) in [6.45, 7) is 11.8. The van der Waals surface area contributed by atoms with Crippen LogP contribution in [0.15, 0.2) is 30.3 Å². The van der Waals surface area contributed by atoms with Gasteiger partial charge in [0.2, 0.25) is 11.8 Å². The molecule has 0 bridgehead atoms. The quantitative estimate of drug-likeness (QED) is 0.597. The van der Waals surface area contributed by atoms with E-state index < -0.39 is 0 Å². The van der Waals surface area contributed by atoms with Gasteiger partial charge in [-0.2, -0.15) is 0 Å². The molecule has 0 aliphatic carbocycles. The van der Waals surface area contributed by atoms with E-state index in [2.05, 4.69) is 44.5 Å². The third-order valence-corrected chi connectivity index (χ3v) is 5.12. The first-order valence-corrected chi connectivity index (χ1v) is 11.0. The minimum absolute atomic E-state index is 0.0640. The van der Waals surface area contributed by atoms with Crippen molar-refractivity contribution in [2.75, 3.05) is 64.3 Å². The molecule has 1 fully saturated rings. The number of nitrogens with zero attached hydrogens (tertiary/aromatic N) is 3. The molecule has 0 aromatic heterocycles. The molecule has 0 atom stereocenters. The Morgan fingerprint density at radius 2 is 1.57 bits per heavy atom. The van der Waals surface area contributed by atoms with E-state index in [9.17, 15) is 9.59 Å². The number of anilines is 1. The molecule has 2 N–H and O–H groups in total. The van der Waals surface area contributed by atoms with Crippen molar-refractivity contribution < 1.29 is 9.59 Å². The number of carbonyl (C=O) groups is 2. The minimum atomic E-state index is -0.205. The smallest absolute Gasteiger partial charge is 0.234 e. The Hall–Kier alpha value is -2.12. The molecule has 0 unspecified atom stereocenters. The summed E-state index contributed by atoms with van der Waals surface area (Å²) >= 11 is 0. The van der Waals surface area contributed by atoms with Crippen LogP contribution >= 0.6 is 0 Å². The van der Waals surface area contributed by atoms with Crippen LogP contribution in [0.5, 0.6) is 0 Å². The second-order valence-corrected chi connectivity index (χ2v) is 9.16. The highest BCUT2D eigenvalue weighted by Crippen LogP contribution is 2.10. The normalized spacial score (nSPS) is 16.0. The number of hydrogen-bond donors (Lipinski definition) is 2. The van der Waals surface area contributed by atoms with E-state index in [4.69, 9.17) is 0 Å². The lowest BCUT2D eigenvalue weighted by atomic mass is 10.1. The Labute approximate surface area is 181 Å². The lowest BCUT2D eigenvalue weighted by Crippen LogP contribution is -2.46. The molecule has 2 rings (SSSR count). The monoisotopic (exact) mass is 417 g/mol. The SMILES string of the molecule is CN(CCCNC(=O)CN1CCCN(CC(=O)NC(C)(C)C)CC1)c1ccccc1. The zero-order chi connectivity index (χ0) is 22.0. The van der Waals surface area contributed by atoms with Crippen LogP contribution in [0.3, 0.4) is 0 Å². The first kappa shape index (κ1) is 24.2. The maximum absolute atomic E-state index is 12.3. The van der Waals surface area contributed by atoms with E-state index in [0.717, 1.165) is 45.6 Å². The first-order valence-electron chi connectivity index (χ1n) is 11.0. The molecule has 0 radical (unpaired) electrons. The summed E-state index contributed by atoms with van der Waals surface area (Å²) in [5.41, 5.74) is 0.984. The van der Waals surface area contributed by atoms with Gasteiger partial charge in [-0.25, -0.2) is 0 Å². The molecule has 2 amide bonds. The number of para-hydroxylation sites is 1. The van der Waals surface area contributed by atoms with Crippen molar-refractivity contribution in [1.82, 2.24) is 20.4 Å². The highest BCUT2D eigenvalue weighted by Gasteiger charge is 2.20. The van der Waals surface area contributed by atoms with Crippen molar-refractivity contribution in [2.45, 2.75) is 39.2 Å². The van der Waals surface area contributed by atoms with Crippen LogP contribution in [0.4, 0.5) is 5.69 Å². The average molecular weight is 418 g/mol. The molecule has 1 aliphatic rings. The van der Waals surface area contributed by atoms with Crippen molar-refractivity contribution in [3.8, 4) is 0 Å².